The first-order valence-electron chi connectivity index (χ1n) is 8.26. The summed E-state index contributed by atoms with van der Waals surface area (Å²) in [4.78, 5) is 19.3. The molecule has 27 heavy (non-hydrogen) atoms. The van der Waals surface area contributed by atoms with Crippen LogP contribution in [0.15, 0.2) is 48.8 Å². The van der Waals surface area contributed by atoms with Crippen LogP contribution in [0, 0.1) is 24.0 Å². The van der Waals surface area contributed by atoms with Crippen molar-refractivity contribution in [2.45, 2.75) is 20.4 Å². The number of anilines is 3. The Hall–Kier alpha value is -3.19. The lowest BCUT2D eigenvalue weighted by molar-refractivity contribution is -0.383. The molecule has 2 aromatic carbocycles. The third-order valence-electron chi connectivity index (χ3n) is 4.03. The minimum absolute atomic E-state index is 0.117. The van der Waals surface area contributed by atoms with Crippen LogP contribution in [-0.4, -0.2) is 14.9 Å². The third kappa shape index (κ3) is 4.51. The van der Waals surface area contributed by atoms with E-state index in [-0.39, 0.29) is 17.3 Å². The van der Waals surface area contributed by atoms with Gasteiger partial charge in [-0.15, -0.1) is 0 Å². The van der Waals surface area contributed by atoms with Gasteiger partial charge in [-0.1, -0.05) is 41.4 Å². The molecule has 0 saturated heterocycles. The van der Waals surface area contributed by atoms with Crippen molar-refractivity contribution in [1.29, 1.82) is 0 Å². The highest BCUT2D eigenvalue weighted by molar-refractivity contribution is 6.30. The molecule has 3 aromatic rings. The van der Waals surface area contributed by atoms with Gasteiger partial charge in [-0.3, -0.25) is 10.1 Å². The van der Waals surface area contributed by atoms with Crippen LogP contribution in [-0.2, 0) is 6.54 Å². The van der Waals surface area contributed by atoms with Gasteiger partial charge in [0.25, 0.3) is 0 Å². The largest absolute Gasteiger partial charge is 0.360 e. The first-order chi connectivity index (χ1) is 12.9. The van der Waals surface area contributed by atoms with Crippen LogP contribution in [0.1, 0.15) is 16.7 Å². The molecule has 0 fully saturated rings. The van der Waals surface area contributed by atoms with E-state index >= 15 is 0 Å². The molecule has 0 amide bonds. The van der Waals surface area contributed by atoms with Gasteiger partial charge in [0.15, 0.2) is 0 Å². The molecule has 0 aliphatic heterocycles. The average molecular weight is 384 g/mol. The highest BCUT2D eigenvalue weighted by Gasteiger charge is 2.23. The predicted molar refractivity (Wildman–Crippen MR) is 107 cm³/mol. The maximum atomic E-state index is 11.7. The van der Waals surface area contributed by atoms with Crippen LogP contribution in [0.2, 0.25) is 5.02 Å². The van der Waals surface area contributed by atoms with Crippen molar-refractivity contribution in [2.75, 3.05) is 10.6 Å². The van der Waals surface area contributed by atoms with Crippen molar-refractivity contribution in [3.8, 4) is 0 Å². The minimum Gasteiger partial charge on any atom is -0.360 e. The van der Waals surface area contributed by atoms with E-state index in [9.17, 15) is 10.1 Å². The van der Waals surface area contributed by atoms with Gasteiger partial charge in [-0.25, -0.2) is 9.97 Å². The first-order valence-corrected chi connectivity index (χ1v) is 8.64. The van der Waals surface area contributed by atoms with E-state index in [4.69, 9.17) is 11.6 Å². The summed E-state index contributed by atoms with van der Waals surface area (Å²) < 4.78 is 0. The maximum Gasteiger partial charge on any atom is 0.353 e. The smallest absolute Gasteiger partial charge is 0.353 e. The van der Waals surface area contributed by atoms with Crippen molar-refractivity contribution in [3.05, 3.63) is 80.6 Å². The number of nitrogens with zero attached hydrogens (tertiary/aromatic N) is 3. The summed E-state index contributed by atoms with van der Waals surface area (Å²) in [6, 6.07) is 13.1. The highest BCUT2D eigenvalue weighted by Crippen LogP contribution is 2.32. The van der Waals surface area contributed by atoms with Crippen molar-refractivity contribution in [1.82, 2.24) is 9.97 Å². The molecule has 1 aromatic heterocycles. The molecule has 0 aliphatic rings. The minimum atomic E-state index is -0.495. The quantitative estimate of drug-likeness (QED) is 0.459. The molecular weight excluding hydrogens is 366 g/mol. The highest BCUT2D eigenvalue weighted by atomic mass is 35.5. The molecule has 1 heterocycles. The number of aryl methyl sites for hydroxylation is 2. The zero-order valence-corrected chi connectivity index (χ0v) is 15.6. The van der Waals surface area contributed by atoms with Crippen molar-refractivity contribution in [3.63, 3.8) is 0 Å². The average Bonchev–Trinajstić information content (AvgIpc) is 2.63. The fraction of sp³-hybridized carbons (Fsp3) is 0.158. The molecule has 0 saturated carbocycles. The molecular formula is C19H18ClN5O2. The lowest BCUT2D eigenvalue weighted by atomic mass is 10.1. The second-order valence-electron chi connectivity index (χ2n) is 6.10. The fourth-order valence-corrected chi connectivity index (χ4v) is 2.79. The van der Waals surface area contributed by atoms with Gasteiger partial charge < -0.3 is 10.6 Å². The standard InChI is InChI=1S/C19H18ClN5O2/c1-12-3-5-14(6-4-12)10-21-18-17(25(26)27)19(23-11-22-18)24-16-8-7-15(20)9-13(16)2/h3-9,11H,10H2,1-2H3,(H2,21,22,23,24). The summed E-state index contributed by atoms with van der Waals surface area (Å²) in [6.45, 7) is 4.28. The van der Waals surface area contributed by atoms with Gasteiger partial charge in [0.05, 0.1) is 4.92 Å². The molecule has 0 atom stereocenters. The van der Waals surface area contributed by atoms with Crippen LogP contribution in [0.3, 0.4) is 0 Å². The molecule has 0 aliphatic carbocycles. The number of rotatable bonds is 6. The Morgan fingerprint density at radius 3 is 2.44 bits per heavy atom. The zero-order chi connectivity index (χ0) is 19.4. The van der Waals surface area contributed by atoms with Gasteiger partial charge >= 0.3 is 5.69 Å². The Morgan fingerprint density at radius 1 is 1.07 bits per heavy atom. The second-order valence-corrected chi connectivity index (χ2v) is 6.54. The Bertz CT molecular complexity index is 976. The third-order valence-corrected chi connectivity index (χ3v) is 4.26. The second kappa shape index (κ2) is 8.01. The SMILES string of the molecule is Cc1ccc(CNc2ncnc(Nc3ccc(Cl)cc3C)c2[N+](=O)[O-])cc1. The van der Waals surface area contributed by atoms with Crippen LogP contribution in [0.5, 0.6) is 0 Å². The Balaban J connectivity index is 1.87. The maximum absolute atomic E-state index is 11.7. The molecule has 0 spiro atoms. The van der Waals surface area contributed by atoms with Gasteiger partial charge in [0.1, 0.15) is 6.33 Å². The topological polar surface area (TPSA) is 93.0 Å². The van der Waals surface area contributed by atoms with Crippen LogP contribution >= 0.6 is 11.6 Å². The summed E-state index contributed by atoms with van der Waals surface area (Å²) in [5.74, 6) is 0.275. The van der Waals surface area contributed by atoms with Gasteiger partial charge in [-0.05, 0) is 43.2 Å². The summed E-state index contributed by atoms with van der Waals surface area (Å²) in [7, 11) is 0. The summed E-state index contributed by atoms with van der Waals surface area (Å²) in [5, 5.41) is 18.3. The van der Waals surface area contributed by atoms with Crippen LogP contribution < -0.4 is 10.6 Å². The van der Waals surface area contributed by atoms with Crippen LogP contribution in [0.4, 0.5) is 23.0 Å². The number of nitro groups is 1. The number of hydrogen-bond acceptors (Lipinski definition) is 6. The monoisotopic (exact) mass is 383 g/mol. The van der Waals surface area contributed by atoms with Crippen molar-refractivity contribution >= 4 is 34.6 Å². The van der Waals surface area contributed by atoms with Crippen molar-refractivity contribution < 1.29 is 4.92 Å². The molecule has 8 heteroatoms. The Labute approximate surface area is 161 Å². The molecule has 0 unspecified atom stereocenters. The van der Waals surface area contributed by atoms with E-state index in [1.54, 1.807) is 18.2 Å². The lowest BCUT2D eigenvalue weighted by Gasteiger charge is -2.12. The van der Waals surface area contributed by atoms with E-state index in [0.29, 0.717) is 17.3 Å². The predicted octanol–water partition coefficient (Wildman–Crippen LogP) is 5.01. The van der Waals surface area contributed by atoms with Gasteiger partial charge in [-0.2, -0.15) is 0 Å². The summed E-state index contributed by atoms with van der Waals surface area (Å²) >= 11 is 5.96. The molecule has 3 rings (SSSR count). The van der Waals surface area contributed by atoms with E-state index < -0.39 is 4.92 Å². The molecule has 7 nitrogen and oxygen atoms in total. The van der Waals surface area contributed by atoms with Gasteiger partial charge in [0, 0.05) is 17.3 Å². The number of hydrogen-bond donors (Lipinski definition) is 2. The lowest BCUT2D eigenvalue weighted by Crippen LogP contribution is -2.08. The van der Waals surface area contributed by atoms with Gasteiger partial charge in [0.2, 0.25) is 11.6 Å². The zero-order valence-electron chi connectivity index (χ0n) is 14.9. The van der Waals surface area contributed by atoms with E-state index in [0.717, 1.165) is 16.7 Å². The first kappa shape index (κ1) is 18.6. The normalized spacial score (nSPS) is 10.5. The van der Waals surface area contributed by atoms with E-state index in [1.165, 1.54) is 6.33 Å². The summed E-state index contributed by atoms with van der Waals surface area (Å²) in [6.07, 6.45) is 1.29. The number of halogens is 1. The van der Waals surface area contributed by atoms with Crippen LogP contribution in [0.25, 0.3) is 0 Å². The van der Waals surface area contributed by atoms with Crippen molar-refractivity contribution in [2.24, 2.45) is 0 Å². The fourth-order valence-electron chi connectivity index (χ4n) is 2.56. The number of benzene rings is 2. The molecule has 0 radical (unpaired) electrons. The summed E-state index contributed by atoms with van der Waals surface area (Å²) in [5.41, 5.74) is 3.47. The molecule has 2 N–H and O–H groups in total. The number of nitrogens with one attached hydrogen (secondary N) is 2. The van der Waals surface area contributed by atoms with E-state index in [1.807, 2.05) is 38.1 Å². The van der Waals surface area contributed by atoms with E-state index in [2.05, 4.69) is 20.6 Å². The number of aromatic nitrogens is 2. The Morgan fingerprint density at radius 2 is 1.78 bits per heavy atom. The molecule has 0 bridgehead atoms. The molecule has 138 valence electrons. The Kier molecular flexibility index (Phi) is 5.52.